The molecule has 2 aromatic carbocycles. The summed E-state index contributed by atoms with van der Waals surface area (Å²) >= 11 is 5.75. The number of benzene rings is 2. The molecule has 0 spiro atoms. The van der Waals surface area contributed by atoms with Gasteiger partial charge in [0, 0.05) is 5.69 Å². The van der Waals surface area contributed by atoms with Gasteiger partial charge >= 0.3 is 0 Å². The van der Waals surface area contributed by atoms with Crippen LogP contribution in [-0.2, 0) is 11.2 Å². The first kappa shape index (κ1) is 13.2. The van der Waals surface area contributed by atoms with Gasteiger partial charge < -0.3 is 15.5 Å². The van der Waals surface area contributed by atoms with Crippen LogP contribution in [0.25, 0.3) is 0 Å². The molecule has 4 nitrogen and oxygen atoms in total. The van der Waals surface area contributed by atoms with Crippen molar-refractivity contribution in [1.29, 1.82) is 0 Å². The molecule has 98 valence electrons. The number of phenols is 2. The molecule has 0 saturated heterocycles. The molecule has 3 N–H and O–H groups in total. The largest absolute Gasteiger partial charge is 0.508 e. The minimum absolute atomic E-state index is 0.0294. The molecule has 0 radical (unpaired) electrons. The maximum absolute atomic E-state index is 11.8. The fourth-order valence-corrected chi connectivity index (χ4v) is 1.77. The monoisotopic (exact) mass is 277 g/mol. The molecule has 0 aromatic heterocycles. The molecular formula is C14H12ClNO3. The second-order valence-corrected chi connectivity index (χ2v) is 4.46. The summed E-state index contributed by atoms with van der Waals surface area (Å²) in [7, 11) is 0. The molecular weight excluding hydrogens is 266 g/mol. The van der Waals surface area contributed by atoms with Crippen molar-refractivity contribution in [1.82, 2.24) is 0 Å². The highest BCUT2D eigenvalue weighted by atomic mass is 35.5. The van der Waals surface area contributed by atoms with E-state index < -0.39 is 0 Å². The molecule has 0 fully saturated rings. The second kappa shape index (κ2) is 5.63. The predicted molar refractivity (Wildman–Crippen MR) is 73.6 cm³/mol. The van der Waals surface area contributed by atoms with Crippen LogP contribution in [0.2, 0.25) is 5.02 Å². The molecule has 0 bridgehead atoms. The number of anilines is 1. The molecule has 0 atom stereocenters. The summed E-state index contributed by atoms with van der Waals surface area (Å²) in [4.78, 5) is 11.8. The first-order valence-electron chi connectivity index (χ1n) is 5.61. The first-order valence-corrected chi connectivity index (χ1v) is 5.98. The van der Waals surface area contributed by atoms with E-state index in [1.807, 2.05) is 0 Å². The Hall–Kier alpha value is -2.20. The van der Waals surface area contributed by atoms with Gasteiger partial charge in [-0.15, -0.1) is 0 Å². The molecule has 5 heteroatoms. The molecule has 0 heterocycles. The lowest BCUT2D eigenvalue weighted by Crippen LogP contribution is -2.14. The van der Waals surface area contributed by atoms with Gasteiger partial charge in [0.2, 0.25) is 5.91 Å². The van der Waals surface area contributed by atoms with Crippen LogP contribution < -0.4 is 5.32 Å². The van der Waals surface area contributed by atoms with Gasteiger partial charge in [0.15, 0.2) is 0 Å². The average Bonchev–Trinajstić information content (AvgIpc) is 2.37. The first-order chi connectivity index (χ1) is 9.04. The third-order valence-corrected chi connectivity index (χ3v) is 2.84. The van der Waals surface area contributed by atoms with Crippen molar-refractivity contribution in [3.63, 3.8) is 0 Å². The van der Waals surface area contributed by atoms with Gasteiger partial charge in [0.25, 0.3) is 0 Å². The Bertz CT molecular complexity index is 596. The summed E-state index contributed by atoms with van der Waals surface area (Å²) < 4.78 is 0. The van der Waals surface area contributed by atoms with Gasteiger partial charge in [-0.1, -0.05) is 23.7 Å². The lowest BCUT2D eigenvalue weighted by atomic mass is 10.1. The zero-order valence-corrected chi connectivity index (χ0v) is 10.7. The number of amides is 1. The van der Waals surface area contributed by atoms with Gasteiger partial charge in [-0.2, -0.15) is 0 Å². The summed E-state index contributed by atoms with van der Waals surface area (Å²) in [6.45, 7) is 0. The summed E-state index contributed by atoms with van der Waals surface area (Å²) in [6.07, 6.45) is 0.193. The number of nitrogens with one attached hydrogen (secondary N) is 1. The summed E-state index contributed by atoms with van der Waals surface area (Å²) in [6, 6.07) is 10.9. The van der Waals surface area contributed by atoms with Gasteiger partial charge in [0.1, 0.15) is 11.5 Å². The fraction of sp³-hybridized carbons (Fsp3) is 0.0714. The topological polar surface area (TPSA) is 69.6 Å². The zero-order valence-electron chi connectivity index (χ0n) is 9.93. The van der Waals surface area contributed by atoms with E-state index in [0.29, 0.717) is 5.69 Å². The van der Waals surface area contributed by atoms with Crippen LogP contribution in [-0.4, -0.2) is 16.1 Å². The normalized spacial score (nSPS) is 10.2. The number of halogens is 1. The van der Waals surface area contributed by atoms with E-state index in [9.17, 15) is 9.90 Å². The van der Waals surface area contributed by atoms with Crippen molar-refractivity contribution in [3.8, 4) is 11.5 Å². The van der Waals surface area contributed by atoms with Crippen molar-refractivity contribution in [3.05, 3.63) is 53.1 Å². The number of hydrogen-bond donors (Lipinski definition) is 3. The highest BCUT2D eigenvalue weighted by Gasteiger charge is 2.06. The van der Waals surface area contributed by atoms with Crippen molar-refractivity contribution >= 4 is 23.2 Å². The number of hydrogen-bond acceptors (Lipinski definition) is 3. The highest BCUT2D eigenvalue weighted by molar-refractivity contribution is 6.32. The Kier molecular flexibility index (Phi) is 3.92. The van der Waals surface area contributed by atoms with Crippen molar-refractivity contribution < 1.29 is 15.0 Å². The molecule has 0 saturated carbocycles. The van der Waals surface area contributed by atoms with E-state index in [4.69, 9.17) is 16.7 Å². The Balaban J connectivity index is 2.01. The molecule has 1 amide bonds. The van der Waals surface area contributed by atoms with Crippen LogP contribution in [0.15, 0.2) is 42.5 Å². The SMILES string of the molecule is O=C(Cc1ccc(O)cc1)Nc1ccc(O)c(Cl)c1. The van der Waals surface area contributed by atoms with Crippen LogP contribution in [0, 0.1) is 0 Å². The van der Waals surface area contributed by atoms with Crippen LogP contribution >= 0.6 is 11.6 Å². The minimum Gasteiger partial charge on any atom is -0.508 e. The number of carbonyl (C=O) groups excluding carboxylic acids is 1. The Morgan fingerprint density at radius 3 is 2.42 bits per heavy atom. The maximum Gasteiger partial charge on any atom is 0.228 e. The van der Waals surface area contributed by atoms with Crippen LogP contribution in [0.3, 0.4) is 0 Å². The number of phenolic OH excluding ortho intramolecular Hbond substituents is 2. The van der Waals surface area contributed by atoms with E-state index in [0.717, 1.165) is 5.56 Å². The average molecular weight is 278 g/mol. The summed E-state index contributed by atoms with van der Waals surface area (Å²) in [5.74, 6) is -0.0693. The van der Waals surface area contributed by atoms with Crippen molar-refractivity contribution in [2.45, 2.75) is 6.42 Å². The Morgan fingerprint density at radius 1 is 1.11 bits per heavy atom. The van der Waals surface area contributed by atoms with Gasteiger partial charge in [-0.05, 0) is 35.9 Å². The summed E-state index contributed by atoms with van der Waals surface area (Å²) in [5, 5.41) is 21.3. The standard InChI is InChI=1S/C14H12ClNO3/c15-12-8-10(3-6-13(12)18)16-14(19)7-9-1-4-11(17)5-2-9/h1-6,8,17-18H,7H2,(H,16,19). The smallest absolute Gasteiger partial charge is 0.228 e. The quantitative estimate of drug-likeness (QED) is 0.756. The van der Waals surface area contributed by atoms with Gasteiger partial charge in [0.05, 0.1) is 11.4 Å². The van der Waals surface area contributed by atoms with Crippen LogP contribution in [0.5, 0.6) is 11.5 Å². The van der Waals surface area contributed by atoms with E-state index in [2.05, 4.69) is 5.32 Å². The molecule has 0 unspecified atom stereocenters. The molecule has 19 heavy (non-hydrogen) atoms. The van der Waals surface area contributed by atoms with Crippen molar-refractivity contribution in [2.75, 3.05) is 5.32 Å². The molecule has 0 aliphatic rings. The van der Waals surface area contributed by atoms with Crippen molar-refractivity contribution in [2.24, 2.45) is 0 Å². The minimum atomic E-state index is -0.201. The third-order valence-electron chi connectivity index (χ3n) is 2.53. The molecule has 2 rings (SSSR count). The van der Waals surface area contributed by atoms with Gasteiger partial charge in [-0.25, -0.2) is 0 Å². The van der Waals surface area contributed by atoms with E-state index in [1.54, 1.807) is 18.2 Å². The second-order valence-electron chi connectivity index (χ2n) is 4.06. The third kappa shape index (κ3) is 3.63. The predicted octanol–water partition coefficient (Wildman–Crippen LogP) is 2.93. The van der Waals surface area contributed by atoms with Crippen LogP contribution in [0.1, 0.15) is 5.56 Å². The van der Waals surface area contributed by atoms with E-state index >= 15 is 0 Å². The lowest BCUT2D eigenvalue weighted by Gasteiger charge is -2.06. The Labute approximate surface area is 115 Å². The van der Waals surface area contributed by atoms with E-state index in [-0.39, 0.29) is 28.8 Å². The maximum atomic E-state index is 11.8. The number of rotatable bonds is 3. The highest BCUT2D eigenvalue weighted by Crippen LogP contribution is 2.26. The molecule has 2 aromatic rings. The van der Waals surface area contributed by atoms with Crippen LogP contribution in [0.4, 0.5) is 5.69 Å². The molecule has 0 aliphatic heterocycles. The molecule has 0 aliphatic carbocycles. The fourth-order valence-electron chi connectivity index (χ4n) is 1.59. The summed E-state index contributed by atoms with van der Waals surface area (Å²) in [5.41, 5.74) is 1.31. The number of aromatic hydroxyl groups is 2. The van der Waals surface area contributed by atoms with Gasteiger partial charge in [-0.3, -0.25) is 4.79 Å². The Morgan fingerprint density at radius 2 is 1.79 bits per heavy atom. The lowest BCUT2D eigenvalue weighted by molar-refractivity contribution is -0.115. The zero-order chi connectivity index (χ0) is 13.8. The van der Waals surface area contributed by atoms with E-state index in [1.165, 1.54) is 24.3 Å². The number of carbonyl (C=O) groups is 1.